The molecule has 2 atom stereocenters. The number of carbonyl (C=O) groups is 1. The minimum atomic E-state index is -0.669. The van der Waals surface area contributed by atoms with Crippen LogP contribution in [0.5, 0.6) is 0 Å². The third-order valence-corrected chi connectivity index (χ3v) is 3.60. The zero-order chi connectivity index (χ0) is 15.3. The molecule has 0 saturated heterocycles. The number of methoxy groups -OCH3 is 1. The van der Waals surface area contributed by atoms with Crippen molar-refractivity contribution in [2.24, 2.45) is 5.41 Å². The van der Waals surface area contributed by atoms with Crippen LogP contribution in [0.15, 0.2) is 28.7 Å². The van der Waals surface area contributed by atoms with E-state index in [1.807, 2.05) is 45.0 Å². The Kier molecular flexibility index (Phi) is 6.17. The molecule has 2 unspecified atom stereocenters. The van der Waals surface area contributed by atoms with Crippen LogP contribution in [-0.2, 0) is 9.53 Å². The fourth-order valence-electron chi connectivity index (χ4n) is 1.89. The van der Waals surface area contributed by atoms with Crippen LogP contribution in [-0.4, -0.2) is 30.8 Å². The number of carbonyl (C=O) groups excluding carboxylic acids is 1. The zero-order valence-corrected chi connectivity index (χ0v) is 13.9. The summed E-state index contributed by atoms with van der Waals surface area (Å²) in [5.74, 6) is -0.319. The molecule has 0 spiro atoms. The van der Waals surface area contributed by atoms with Crippen molar-refractivity contribution in [2.45, 2.75) is 32.9 Å². The molecule has 20 heavy (non-hydrogen) atoms. The van der Waals surface area contributed by atoms with Crippen molar-refractivity contribution in [2.75, 3.05) is 13.7 Å². The molecule has 0 fully saturated rings. The summed E-state index contributed by atoms with van der Waals surface area (Å²) >= 11 is 3.35. The number of ether oxygens (including phenoxy) is 1. The smallest absolute Gasteiger partial charge is 0.323 e. The van der Waals surface area contributed by atoms with Crippen molar-refractivity contribution in [3.8, 4) is 0 Å². The first-order valence-electron chi connectivity index (χ1n) is 6.50. The highest BCUT2D eigenvalue weighted by atomic mass is 79.9. The molecule has 1 rings (SSSR count). The van der Waals surface area contributed by atoms with Crippen molar-refractivity contribution in [1.29, 1.82) is 0 Å². The molecule has 5 heteroatoms. The van der Waals surface area contributed by atoms with Gasteiger partial charge in [0.25, 0.3) is 0 Å². The summed E-state index contributed by atoms with van der Waals surface area (Å²) in [6, 6.07) is 6.99. The molecule has 0 aromatic heterocycles. The van der Waals surface area contributed by atoms with Gasteiger partial charge in [0.1, 0.15) is 6.04 Å². The van der Waals surface area contributed by atoms with Crippen LogP contribution in [0.25, 0.3) is 0 Å². The molecule has 0 bridgehead atoms. The Morgan fingerprint density at radius 1 is 1.35 bits per heavy atom. The molecule has 0 saturated carbocycles. The van der Waals surface area contributed by atoms with E-state index in [1.165, 1.54) is 7.11 Å². The number of rotatable bonds is 5. The van der Waals surface area contributed by atoms with E-state index in [2.05, 4.69) is 21.2 Å². The maximum absolute atomic E-state index is 11.8. The van der Waals surface area contributed by atoms with Gasteiger partial charge in [-0.2, -0.15) is 0 Å². The normalized spacial score (nSPS) is 14.7. The van der Waals surface area contributed by atoms with Gasteiger partial charge in [0.15, 0.2) is 0 Å². The number of halogens is 1. The van der Waals surface area contributed by atoms with Crippen LogP contribution in [0.1, 0.15) is 32.4 Å². The maximum atomic E-state index is 11.8. The van der Waals surface area contributed by atoms with E-state index in [4.69, 9.17) is 4.74 Å². The lowest BCUT2D eigenvalue weighted by Gasteiger charge is -2.30. The third kappa shape index (κ3) is 4.89. The first-order valence-corrected chi connectivity index (χ1v) is 7.29. The Labute approximate surface area is 128 Å². The van der Waals surface area contributed by atoms with E-state index in [9.17, 15) is 9.90 Å². The number of aliphatic hydroxyl groups excluding tert-OH is 1. The average Bonchev–Trinajstić information content (AvgIpc) is 2.37. The molecule has 112 valence electrons. The van der Waals surface area contributed by atoms with Crippen molar-refractivity contribution >= 4 is 21.9 Å². The first-order chi connectivity index (χ1) is 9.25. The summed E-state index contributed by atoms with van der Waals surface area (Å²) in [4.78, 5) is 11.8. The molecule has 0 radical (unpaired) electrons. The van der Waals surface area contributed by atoms with Crippen molar-refractivity contribution < 1.29 is 14.6 Å². The van der Waals surface area contributed by atoms with Gasteiger partial charge in [-0.15, -0.1) is 0 Å². The van der Waals surface area contributed by atoms with Gasteiger partial charge < -0.3 is 15.2 Å². The fraction of sp³-hybridized carbons (Fsp3) is 0.533. The predicted molar refractivity (Wildman–Crippen MR) is 82.4 cm³/mol. The molecule has 0 aliphatic rings. The number of nitrogens with one attached hydrogen (secondary N) is 1. The number of aliphatic hydroxyl groups is 1. The standard InChI is InChI=1S/C15H22BrNO3/c1-15(2,3)13(14(19)20-4)17-9-12(18)10-5-7-11(16)8-6-10/h5-8,12-13,17-18H,9H2,1-4H3. The van der Waals surface area contributed by atoms with Crippen LogP contribution >= 0.6 is 15.9 Å². The lowest BCUT2D eigenvalue weighted by atomic mass is 9.86. The lowest BCUT2D eigenvalue weighted by molar-refractivity contribution is -0.146. The highest BCUT2D eigenvalue weighted by molar-refractivity contribution is 9.10. The molecular weight excluding hydrogens is 322 g/mol. The Balaban J connectivity index is 2.67. The Morgan fingerprint density at radius 2 is 1.90 bits per heavy atom. The molecular formula is C15H22BrNO3. The molecule has 1 aromatic rings. The van der Waals surface area contributed by atoms with E-state index in [-0.39, 0.29) is 11.4 Å². The summed E-state index contributed by atoms with van der Waals surface area (Å²) in [6.07, 6.45) is -0.669. The van der Waals surface area contributed by atoms with Gasteiger partial charge in [0.2, 0.25) is 0 Å². The number of benzene rings is 1. The maximum Gasteiger partial charge on any atom is 0.323 e. The van der Waals surface area contributed by atoms with Crippen LogP contribution < -0.4 is 5.32 Å². The van der Waals surface area contributed by atoms with Gasteiger partial charge in [-0.05, 0) is 23.1 Å². The summed E-state index contributed by atoms with van der Waals surface area (Å²) in [6.45, 7) is 6.15. The topological polar surface area (TPSA) is 58.6 Å². The monoisotopic (exact) mass is 343 g/mol. The Morgan fingerprint density at radius 3 is 2.35 bits per heavy atom. The Hall–Kier alpha value is -0.910. The molecule has 0 heterocycles. The fourth-order valence-corrected chi connectivity index (χ4v) is 2.16. The molecule has 1 aromatic carbocycles. The second-order valence-electron chi connectivity index (χ2n) is 5.80. The second-order valence-corrected chi connectivity index (χ2v) is 6.71. The van der Waals surface area contributed by atoms with E-state index in [0.29, 0.717) is 6.54 Å². The second kappa shape index (κ2) is 7.20. The largest absolute Gasteiger partial charge is 0.468 e. The van der Waals surface area contributed by atoms with Crippen LogP contribution in [0.2, 0.25) is 0 Å². The van der Waals surface area contributed by atoms with Gasteiger partial charge in [-0.1, -0.05) is 48.8 Å². The lowest BCUT2D eigenvalue weighted by Crippen LogP contribution is -2.48. The number of hydrogen-bond donors (Lipinski definition) is 2. The summed E-state index contributed by atoms with van der Waals surface area (Å²) in [5.41, 5.74) is 0.519. The summed E-state index contributed by atoms with van der Waals surface area (Å²) in [7, 11) is 1.37. The summed E-state index contributed by atoms with van der Waals surface area (Å²) < 4.78 is 5.76. The number of esters is 1. The zero-order valence-electron chi connectivity index (χ0n) is 12.3. The van der Waals surface area contributed by atoms with Gasteiger partial charge in [0.05, 0.1) is 13.2 Å². The average molecular weight is 344 g/mol. The van der Waals surface area contributed by atoms with E-state index >= 15 is 0 Å². The summed E-state index contributed by atoms with van der Waals surface area (Å²) in [5, 5.41) is 13.2. The minimum absolute atomic E-state index is 0.285. The highest BCUT2D eigenvalue weighted by Gasteiger charge is 2.32. The van der Waals surface area contributed by atoms with Gasteiger partial charge in [-0.3, -0.25) is 4.79 Å². The quantitative estimate of drug-likeness (QED) is 0.807. The number of hydrogen-bond acceptors (Lipinski definition) is 4. The molecule has 4 nitrogen and oxygen atoms in total. The highest BCUT2D eigenvalue weighted by Crippen LogP contribution is 2.22. The minimum Gasteiger partial charge on any atom is -0.468 e. The van der Waals surface area contributed by atoms with E-state index in [0.717, 1.165) is 10.0 Å². The Bertz CT molecular complexity index is 439. The SMILES string of the molecule is COC(=O)C(NCC(O)c1ccc(Br)cc1)C(C)(C)C. The van der Waals surface area contributed by atoms with Crippen LogP contribution in [0, 0.1) is 5.41 Å². The predicted octanol–water partition coefficient (Wildman–Crippen LogP) is 2.66. The van der Waals surface area contributed by atoms with Gasteiger partial charge >= 0.3 is 5.97 Å². The van der Waals surface area contributed by atoms with Gasteiger partial charge in [0, 0.05) is 11.0 Å². The molecule has 0 amide bonds. The van der Waals surface area contributed by atoms with E-state index in [1.54, 1.807) is 0 Å². The van der Waals surface area contributed by atoms with Crippen molar-refractivity contribution in [1.82, 2.24) is 5.32 Å². The molecule has 0 aliphatic carbocycles. The molecule has 2 N–H and O–H groups in total. The van der Waals surface area contributed by atoms with Crippen molar-refractivity contribution in [3.63, 3.8) is 0 Å². The van der Waals surface area contributed by atoms with Crippen LogP contribution in [0.4, 0.5) is 0 Å². The van der Waals surface area contributed by atoms with Crippen molar-refractivity contribution in [3.05, 3.63) is 34.3 Å². The molecule has 0 aliphatic heterocycles. The third-order valence-electron chi connectivity index (χ3n) is 3.07. The van der Waals surface area contributed by atoms with Gasteiger partial charge in [-0.25, -0.2) is 0 Å². The van der Waals surface area contributed by atoms with Crippen LogP contribution in [0.3, 0.4) is 0 Å². The van der Waals surface area contributed by atoms with E-state index < -0.39 is 12.1 Å². The first kappa shape index (κ1) is 17.1.